The minimum atomic E-state index is 0.138. The Bertz CT molecular complexity index is 456. The molecule has 1 aromatic carbocycles. The van der Waals surface area contributed by atoms with Crippen molar-refractivity contribution in [2.24, 2.45) is 0 Å². The molecule has 0 aliphatic heterocycles. The van der Waals surface area contributed by atoms with Gasteiger partial charge in [-0.25, -0.2) is 0 Å². The third kappa shape index (κ3) is 4.34. The van der Waals surface area contributed by atoms with Crippen LogP contribution in [0.1, 0.15) is 43.7 Å². The van der Waals surface area contributed by atoms with Gasteiger partial charge >= 0.3 is 0 Å². The Morgan fingerprint density at radius 2 is 2.05 bits per heavy atom. The van der Waals surface area contributed by atoms with Crippen molar-refractivity contribution < 1.29 is 9.69 Å². The average molecular weight is 275 g/mol. The summed E-state index contributed by atoms with van der Waals surface area (Å²) in [6.45, 7) is 4.27. The molecule has 0 bridgehead atoms. The van der Waals surface area contributed by atoms with E-state index in [1.165, 1.54) is 41.7 Å². The maximum atomic E-state index is 12.0. The number of carbonyl (C=O) groups excluding carboxylic acids is 1. The first-order chi connectivity index (χ1) is 9.69. The number of unbranched alkanes of at least 4 members (excludes halogenated alkanes) is 1. The Hall–Kier alpha value is -1.35. The SMILES string of the molecule is CCCC[NH+](C)CCC(=O)Nc1ccc2c(c1)CCC2. The average Bonchev–Trinajstić information content (AvgIpc) is 2.90. The summed E-state index contributed by atoms with van der Waals surface area (Å²) in [4.78, 5) is 13.4. The Balaban J connectivity index is 1.77. The minimum Gasteiger partial charge on any atom is -0.337 e. The van der Waals surface area contributed by atoms with E-state index in [0.717, 1.165) is 25.2 Å². The topological polar surface area (TPSA) is 33.5 Å². The highest BCUT2D eigenvalue weighted by atomic mass is 16.1. The third-order valence-electron chi connectivity index (χ3n) is 4.12. The number of fused-ring (bicyclic) bond motifs is 1. The van der Waals surface area contributed by atoms with Crippen molar-refractivity contribution in [3.63, 3.8) is 0 Å². The zero-order valence-electron chi connectivity index (χ0n) is 12.8. The van der Waals surface area contributed by atoms with Crippen molar-refractivity contribution in [3.05, 3.63) is 29.3 Å². The van der Waals surface area contributed by atoms with Crippen molar-refractivity contribution in [2.45, 2.75) is 45.4 Å². The van der Waals surface area contributed by atoms with E-state index in [1.54, 1.807) is 0 Å². The molecule has 3 nitrogen and oxygen atoms in total. The highest BCUT2D eigenvalue weighted by Gasteiger charge is 2.12. The second-order valence-electron chi connectivity index (χ2n) is 5.95. The number of hydrogen-bond acceptors (Lipinski definition) is 1. The van der Waals surface area contributed by atoms with Crippen molar-refractivity contribution in [2.75, 3.05) is 25.5 Å². The van der Waals surface area contributed by atoms with Gasteiger partial charge < -0.3 is 10.2 Å². The highest BCUT2D eigenvalue weighted by molar-refractivity contribution is 5.90. The van der Waals surface area contributed by atoms with E-state index in [1.807, 2.05) is 6.07 Å². The molecule has 0 saturated heterocycles. The van der Waals surface area contributed by atoms with Gasteiger partial charge in [-0.2, -0.15) is 0 Å². The largest absolute Gasteiger partial charge is 0.337 e. The van der Waals surface area contributed by atoms with Gasteiger partial charge in [0.05, 0.1) is 26.6 Å². The van der Waals surface area contributed by atoms with Crippen LogP contribution in [0.4, 0.5) is 5.69 Å². The molecule has 1 unspecified atom stereocenters. The van der Waals surface area contributed by atoms with Crippen molar-refractivity contribution >= 4 is 11.6 Å². The van der Waals surface area contributed by atoms with E-state index in [4.69, 9.17) is 0 Å². The van der Waals surface area contributed by atoms with Crippen LogP contribution in [0.5, 0.6) is 0 Å². The molecule has 0 spiro atoms. The molecule has 0 aromatic heterocycles. The van der Waals surface area contributed by atoms with Gasteiger partial charge in [0, 0.05) is 5.69 Å². The first-order valence-electron chi connectivity index (χ1n) is 7.92. The lowest BCUT2D eigenvalue weighted by Crippen LogP contribution is -3.09. The van der Waals surface area contributed by atoms with Crippen molar-refractivity contribution in [1.29, 1.82) is 0 Å². The van der Waals surface area contributed by atoms with Crippen LogP contribution in [-0.4, -0.2) is 26.0 Å². The molecule has 0 radical (unpaired) electrons. The lowest BCUT2D eigenvalue weighted by molar-refractivity contribution is -0.879. The van der Waals surface area contributed by atoms with Crippen LogP contribution in [0, 0.1) is 0 Å². The van der Waals surface area contributed by atoms with E-state index >= 15 is 0 Å². The van der Waals surface area contributed by atoms with Crippen molar-refractivity contribution in [3.8, 4) is 0 Å². The Morgan fingerprint density at radius 3 is 2.85 bits per heavy atom. The number of benzene rings is 1. The summed E-state index contributed by atoms with van der Waals surface area (Å²) >= 11 is 0. The molecule has 110 valence electrons. The van der Waals surface area contributed by atoms with E-state index in [9.17, 15) is 4.79 Å². The third-order valence-corrected chi connectivity index (χ3v) is 4.12. The summed E-state index contributed by atoms with van der Waals surface area (Å²) in [5, 5.41) is 3.03. The lowest BCUT2D eigenvalue weighted by Gasteiger charge is -2.13. The Kier molecular flexibility index (Phi) is 5.60. The molecule has 1 amide bonds. The molecule has 0 fully saturated rings. The summed E-state index contributed by atoms with van der Waals surface area (Å²) in [5.41, 5.74) is 3.82. The maximum Gasteiger partial charge on any atom is 0.230 e. The fraction of sp³-hybridized carbons (Fsp3) is 0.588. The van der Waals surface area contributed by atoms with Crippen LogP contribution in [0.3, 0.4) is 0 Å². The molecule has 1 aliphatic rings. The van der Waals surface area contributed by atoms with Gasteiger partial charge in [0.15, 0.2) is 0 Å². The van der Waals surface area contributed by atoms with Crippen molar-refractivity contribution in [1.82, 2.24) is 0 Å². The number of quaternary nitrogens is 1. The number of carbonyl (C=O) groups is 1. The standard InChI is InChI=1S/C17H26N2O/c1-3-4-11-19(2)12-10-17(20)18-16-9-8-14-6-5-7-15(14)13-16/h8-9,13H,3-7,10-12H2,1-2H3,(H,18,20)/p+1. The van der Waals surface area contributed by atoms with Gasteiger partial charge in [0.2, 0.25) is 5.91 Å². The van der Waals surface area contributed by atoms with Crippen LogP contribution >= 0.6 is 0 Å². The number of nitrogens with one attached hydrogen (secondary N) is 2. The Labute approximate surface area is 122 Å². The highest BCUT2D eigenvalue weighted by Crippen LogP contribution is 2.24. The zero-order valence-corrected chi connectivity index (χ0v) is 12.8. The van der Waals surface area contributed by atoms with Crippen LogP contribution in [0.2, 0.25) is 0 Å². The smallest absolute Gasteiger partial charge is 0.230 e. The second-order valence-corrected chi connectivity index (χ2v) is 5.95. The minimum absolute atomic E-state index is 0.138. The predicted octanol–water partition coefficient (Wildman–Crippen LogP) is 1.82. The monoisotopic (exact) mass is 275 g/mol. The van der Waals surface area contributed by atoms with Crippen LogP contribution < -0.4 is 10.2 Å². The van der Waals surface area contributed by atoms with E-state index < -0.39 is 0 Å². The summed E-state index contributed by atoms with van der Waals surface area (Å²) < 4.78 is 0. The quantitative estimate of drug-likeness (QED) is 0.782. The van der Waals surface area contributed by atoms with E-state index in [-0.39, 0.29) is 5.91 Å². The molecular weight excluding hydrogens is 248 g/mol. The molecule has 0 saturated carbocycles. The lowest BCUT2D eigenvalue weighted by atomic mass is 10.1. The van der Waals surface area contributed by atoms with Crippen LogP contribution in [0.15, 0.2) is 18.2 Å². The number of amides is 1. The molecule has 1 atom stereocenters. The van der Waals surface area contributed by atoms with Gasteiger partial charge in [0.25, 0.3) is 0 Å². The van der Waals surface area contributed by atoms with Crippen LogP contribution in [-0.2, 0) is 17.6 Å². The number of rotatable bonds is 7. The fourth-order valence-electron chi connectivity index (χ4n) is 2.80. The summed E-state index contributed by atoms with van der Waals surface area (Å²) in [6.07, 6.45) is 6.65. The molecule has 20 heavy (non-hydrogen) atoms. The first-order valence-corrected chi connectivity index (χ1v) is 7.92. The fourth-order valence-corrected chi connectivity index (χ4v) is 2.80. The van der Waals surface area contributed by atoms with Crippen LogP contribution in [0.25, 0.3) is 0 Å². The molecule has 2 rings (SSSR count). The zero-order chi connectivity index (χ0) is 14.4. The van der Waals surface area contributed by atoms with Gasteiger partial charge in [-0.1, -0.05) is 19.4 Å². The van der Waals surface area contributed by atoms with Gasteiger partial charge in [-0.05, 0) is 48.9 Å². The normalized spacial score (nSPS) is 14.9. The maximum absolute atomic E-state index is 12.0. The molecular formula is C17H27N2O+. The number of aryl methyl sites for hydroxylation is 2. The molecule has 0 heterocycles. The Morgan fingerprint density at radius 1 is 1.25 bits per heavy atom. The summed E-state index contributed by atoms with van der Waals surface area (Å²) in [7, 11) is 2.17. The number of hydrogen-bond donors (Lipinski definition) is 2. The van der Waals surface area contributed by atoms with E-state index in [0.29, 0.717) is 6.42 Å². The molecule has 2 N–H and O–H groups in total. The van der Waals surface area contributed by atoms with Gasteiger partial charge in [-0.15, -0.1) is 0 Å². The van der Waals surface area contributed by atoms with Gasteiger partial charge in [-0.3, -0.25) is 4.79 Å². The molecule has 1 aromatic rings. The van der Waals surface area contributed by atoms with E-state index in [2.05, 4.69) is 31.4 Å². The molecule has 1 aliphatic carbocycles. The molecule has 3 heteroatoms. The summed E-state index contributed by atoms with van der Waals surface area (Å²) in [6, 6.07) is 6.35. The first kappa shape index (κ1) is 15.0. The second kappa shape index (κ2) is 7.44. The predicted molar refractivity (Wildman–Crippen MR) is 83.2 cm³/mol. The number of anilines is 1. The summed E-state index contributed by atoms with van der Waals surface area (Å²) in [5.74, 6) is 0.138. The van der Waals surface area contributed by atoms with Gasteiger partial charge in [0.1, 0.15) is 0 Å².